The highest BCUT2D eigenvalue weighted by atomic mass is 19.4. The topological polar surface area (TPSA) is 41.1 Å². The van der Waals surface area contributed by atoms with E-state index in [2.05, 4.69) is 5.32 Å². The molecule has 0 saturated heterocycles. The lowest BCUT2D eigenvalue weighted by atomic mass is 9.99. The van der Waals surface area contributed by atoms with Crippen LogP contribution in [0.4, 0.5) is 18.9 Å². The molecule has 1 aromatic rings. The van der Waals surface area contributed by atoms with Crippen LogP contribution in [0.25, 0.3) is 0 Å². The average Bonchev–Trinajstić information content (AvgIpc) is 2.28. The molecule has 6 heteroatoms. The van der Waals surface area contributed by atoms with Gasteiger partial charge >= 0.3 is 12.1 Å². The van der Waals surface area contributed by atoms with Crippen molar-refractivity contribution in [1.29, 1.82) is 0 Å². The molecule has 2 N–H and O–H groups in total. The highest BCUT2D eigenvalue weighted by molar-refractivity contribution is 5.95. The van der Waals surface area contributed by atoms with Gasteiger partial charge in [-0.05, 0) is 30.2 Å². The van der Waals surface area contributed by atoms with Crippen molar-refractivity contribution in [1.82, 2.24) is 5.32 Å². The molecule has 1 aliphatic rings. The summed E-state index contributed by atoms with van der Waals surface area (Å²) in [5.41, 5.74) is 1.94. The van der Waals surface area contributed by atoms with Crippen LogP contribution in [0.15, 0.2) is 18.2 Å². The maximum atomic E-state index is 12.1. The van der Waals surface area contributed by atoms with Crippen molar-refractivity contribution in [3.63, 3.8) is 0 Å². The molecule has 0 saturated carbocycles. The number of benzene rings is 1. The van der Waals surface area contributed by atoms with Crippen molar-refractivity contribution in [3.05, 3.63) is 29.3 Å². The molecular formula is C11H11F3N2O. The number of carbonyl (C=O) groups excluding carboxylic acids is 1. The molecule has 0 unspecified atom stereocenters. The van der Waals surface area contributed by atoms with Crippen LogP contribution in [0.3, 0.4) is 0 Å². The van der Waals surface area contributed by atoms with Crippen LogP contribution in [-0.4, -0.2) is 18.6 Å². The van der Waals surface area contributed by atoms with Gasteiger partial charge < -0.3 is 10.6 Å². The average molecular weight is 244 g/mol. The van der Waals surface area contributed by atoms with Crippen LogP contribution in [0, 0.1) is 0 Å². The Labute approximate surface area is 96.0 Å². The minimum absolute atomic E-state index is 0.233. The Bertz CT molecular complexity index is 443. The lowest BCUT2D eigenvalue weighted by molar-refractivity contribution is -0.167. The molecule has 0 spiro atoms. The monoisotopic (exact) mass is 244 g/mol. The van der Waals surface area contributed by atoms with Crippen molar-refractivity contribution in [2.75, 3.05) is 11.9 Å². The summed E-state index contributed by atoms with van der Waals surface area (Å²) in [6, 6.07) is 4.99. The number of fused-ring (bicyclic) bond motifs is 1. The predicted octanol–water partition coefficient (Wildman–Crippen LogP) is 1.83. The molecule has 3 nitrogen and oxygen atoms in total. The highest BCUT2D eigenvalue weighted by Gasteiger charge is 2.39. The third-order valence-corrected chi connectivity index (χ3v) is 2.65. The first kappa shape index (κ1) is 11.9. The third-order valence-electron chi connectivity index (χ3n) is 2.65. The van der Waals surface area contributed by atoms with E-state index in [0.717, 1.165) is 24.1 Å². The Morgan fingerprint density at radius 2 is 2.12 bits per heavy atom. The number of anilines is 1. The van der Waals surface area contributed by atoms with Gasteiger partial charge in [0.05, 0.1) is 0 Å². The maximum Gasteiger partial charge on any atom is 0.471 e. The maximum absolute atomic E-state index is 12.1. The third kappa shape index (κ3) is 2.58. The second-order valence-corrected chi connectivity index (χ2v) is 3.82. The molecule has 1 aromatic carbocycles. The van der Waals surface area contributed by atoms with Gasteiger partial charge in [-0.2, -0.15) is 13.2 Å². The molecule has 1 amide bonds. The van der Waals surface area contributed by atoms with E-state index in [1.165, 1.54) is 6.07 Å². The number of amides is 1. The molecule has 0 aliphatic carbocycles. The van der Waals surface area contributed by atoms with Crippen molar-refractivity contribution < 1.29 is 18.0 Å². The first-order valence-corrected chi connectivity index (χ1v) is 5.18. The van der Waals surface area contributed by atoms with Crippen LogP contribution in [-0.2, 0) is 17.8 Å². The number of halogens is 3. The largest absolute Gasteiger partial charge is 0.471 e. The van der Waals surface area contributed by atoms with Crippen molar-refractivity contribution in [2.24, 2.45) is 0 Å². The molecule has 0 bridgehead atoms. The molecule has 0 radical (unpaired) electrons. The van der Waals surface area contributed by atoms with Crippen LogP contribution >= 0.6 is 0 Å². The Morgan fingerprint density at radius 3 is 2.82 bits per heavy atom. The number of carbonyl (C=O) groups is 1. The van der Waals surface area contributed by atoms with Crippen LogP contribution in [0.2, 0.25) is 0 Å². The van der Waals surface area contributed by atoms with Gasteiger partial charge in [0.2, 0.25) is 0 Å². The van der Waals surface area contributed by atoms with Crippen molar-refractivity contribution >= 4 is 11.6 Å². The minimum atomic E-state index is -4.86. The van der Waals surface area contributed by atoms with Gasteiger partial charge in [-0.1, -0.05) is 12.1 Å². The van der Waals surface area contributed by atoms with Crippen molar-refractivity contribution in [2.45, 2.75) is 19.1 Å². The Kier molecular flexibility index (Phi) is 3.06. The summed E-state index contributed by atoms with van der Waals surface area (Å²) >= 11 is 0. The van der Waals surface area contributed by atoms with E-state index >= 15 is 0 Å². The molecule has 1 aliphatic heterocycles. The summed E-state index contributed by atoms with van der Waals surface area (Å²) in [4.78, 5) is 10.9. The predicted molar refractivity (Wildman–Crippen MR) is 56.5 cm³/mol. The standard InChI is InChI=1S/C11H11F3N2O/c12-11(13,14)10(17)16-9-3-1-2-7-4-5-15-6-8(7)9/h1-3,15H,4-6H2,(H,16,17). The van der Waals surface area contributed by atoms with E-state index in [1.54, 1.807) is 6.07 Å². The first-order chi connectivity index (χ1) is 7.98. The van der Waals surface area contributed by atoms with Crippen molar-refractivity contribution in [3.8, 4) is 0 Å². The molecule has 0 atom stereocenters. The summed E-state index contributed by atoms with van der Waals surface area (Å²) in [5, 5.41) is 4.97. The molecule has 1 heterocycles. The fraction of sp³-hybridized carbons (Fsp3) is 0.364. The van der Waals surface area contributed by atoms with Gasteiger partial charge in [0.1, 0.15) is 0 Å². The highest BCUT2D eigenvalue weighted by Crippen LogP contribution is 2.25. The summed E-state index contributed by atoms with van der Waals surface area (Å²) in [7, 11) is 0. The Balaban J connectivity index is 2.25. The van der Waals surface area contributed by atoms with E-state index in [1.807, 2.05) is 11.4 Å². The summed E-state index contributed by atoms with van der Waals surface area (Å²) in [6.45, 7) is 1.27. The fourth-order valence-electron chi connectivity index (χ4n) is 1.82. The van der Waals surface area contributed by atoms with Gasteiger partial charge in [0.15, 0.2) is 0 Å². The molecule has 0 aromatic heterocycles. The molecule has 17 heavy (non-hydrogen) atoms. The summed E-state index contributed by atoms with van der Waals surface area (Å²) < 4.78 is 36.4. The van der Waals surface area contributed by atoms with Crippen LogP contribution < -0.4 is 10.6 Å². The van der Waals surface area contributed by atoms with Crippen LogP contribution in [0.5, 0.6) is 0 Å². The van der Waals surface area contributed by atoms with Crippen LogP contribution in [0.1, 0.15) is 11.1 Å². The van der Waals surface area contributed by atoms with Gasteiger partial charge in [0, 0.05) is 12.2 Å². The minimum Gasteiger partial charge on any atom is -0.318 e. The SMILES string of the molecule is O=C(Nc1cccc2c1CNCC2)C(F)(F)F. The van der Waals surface area contributed by atoms with E-state index in [4.69, 9.17) is 0 Å². The zero-order valence-electron chi connectivity index (χ0n) is 8.90. The Hall–Kier alpha value is -1.56. The van der Waals surface area contributed by atoms with E-state index in [9.17, 15) is 18.0 Å². The van der Waals surface area contributed by atoms with Gasteiger partial charge in [-0.3, -0.25) is 4.79 Å². The number of nitrogens with one attached hydrogen (secondary N) is 2. The zero-order valence-corrected chi connectivity index (χ0v) is 8.90. The lowest BCUT2D eigenvalue weighted by Gasteiger charge is -2.20. The number of hydrogen-bond donors (Lipinski definition) is 2. The van der Waals surface area contributed by atoms with Gasteiger partial charge in [-0.25, -0.2) is 0 Å². The smallest absolute Gasteiger partial charge is 0.318 e. The molecule has 2 rings (SSSR count). The molecule has 92 valence electrons. The first-order valence-electron chi connectivity index (χ1n) is 5.18. The second-order valence-electron chi connectivity index (χ2n) is 3.82. The normalized spacial score (nSPS) is 15.2. The lowest BCUT2D eigenvalue weighted by Crippen LogP contribution is -2.31. The summed E-state index contributed by atoms with van der Waals surface area (Å²) in [6.07, 6.45) is -4.10. The molecular weight excluding hydrogens is 233 g/mol. The Morgan fingerprint density at radius 1 is 1.35 bits per heavy atom. The summed E-state index contributed by atoms with van der Waals surface area (Å²) in [5.74, 6) is -1.93. The quantitative estimate of drug-likeness (QED) is 0.791. The number of rotatable bonds is 1. The number of alkyl halides is 3. The molecule has 0 fully saturated rings. The van der Waals surface area contributed by atoms with Gasteiger partial charge in [-0.15, -0.1) is 0 Å². The van der Waals surface area contributed by atoms with Gasteiger partial charge in [0.25, 0.3) is 0 Å². The zero-order chi connectivity index (χ0) is 12.5. The second kappa shape index (κ2) is 4.37. The van der Waals surface area contributed by atoms with E-state index in [0.29, 0.717) is 6.54 Å². The van der Waals surface area contributed by atoms with E-state index in [-0.39, 0.29) is 5.69 Å². The number of hydrogen-bond acceptors (Lipinski definition) is 2. The van der Waals surface area contributed by atoms with E-state index < -0.39 is 12.1 Å². The fourth-order valence-corrected chi connectivity index (χ4v) is 1.82.